The van der Waals surface area contributed by atoms with Crippen LogP contribution in [0.4, 0.5) is 0 Å². The quantitative estimate of drug-likeness (QED) is 0.728. The van der Waals surface area contributed by atoms with Gasteiger partial charge in [-0.25, -0.2) is 4.98 Å². The van der Waals surface area contributed by atoms with Crippen molar-refractivity contribution in [1.82, 2.24) is 10.3 Å². The fraction of sp³-hybridized carbons (Fsp3) is 0.364. The number of hydrogen-bond donors (Lipinski definition) is 1. The predicted octanol–water partition coefficient (Wildman–Crippen LogP) is 1.01. The van der Waals surface area contributed by atoms with Gasteiger partial charge in [-0.05, 0) is 18.9 Å². The van der Waals surface area contributed by atoms with Crippen molar-refractivity contribution < 1.29 is 9.59 Å². The van der Waals surface area contributed by atoms with Gasteiger partial charge in [-0.3, -0.25) is 9.59 Å². The third kappa shape index (κ3) is 1.25. The van der Waals surface area contributed by atoms with Gasteiger partial charge >= 0.3 is 0 Å². The second-order valence-corrected chi connectivity index (χ2v) is 4.03. The van der Waals surface area contributed by atoms with Gasteiger partial charge in [0.1, 0.15) is 5.69 Å². The van der Waals surface area contributed by atoms with Crippen LogP contribution in [0.1, 0.15) is 50.9 Å². The van der Waals surface area contributed by atoms with Gasteiger partial charge in [-0.2, -0.15) is 0 Å². The first-order chi connectivity index (χ1) is 7.29. The molecule has 1 aromatic rings. The molecule has 0 aromatic carbocycles. The number of aldehydes is 1. The number of hydrogen-bond acceptors (Lipinski definition) is 3. The minimum absolute atomic E-state index is 0.0857. The minimum Gasteiger partial charge on any atom is -0.348 e. The van der Waals surface area contributed by atoms with Crippen molar-refractivity contribution in [3.05, 3.63) is 28.6 Å². The van der Waals surface area contributed by atoms with Gasteiger partial charge in [0, 0.05) is 23.6 Å². The zero-order valence-corrected chi connectivity index (χ0v) is 8.12. The monoisotopic (exact) mass is 202 g/mol. The number of nitrogens with one attached hydrogen (secondary N) is 1. The van der Waals surface area contributed by atoms with E-state index in [4.69, 9.17) is 0 Å². The fourth-order valence-electron chi connectivity index (χ4n) is 2.02. The summed E-state index contributed by atoms with van der Waals surface area (Å²) in [5, 5.41) is 2.76. The first-order valence-corrected chi connectivity index (χ1v) is 5.07. The molecule has 1 amide bonds. The summed E-state index contributed by atoms with van der Waals surface area (Å²) in [6.45, 7) is 0.562. The molecule has 0 unspecified atom stereocenters. The molecule has 4 nitrogen and oxygen atoms in total. The lowest BCUT2D eigenvalue weighted by molar-refractivity contribution is 0.0965. The summed E-state index contributed by atoms with van der Waals surface area (Å²) in [7, 11) is 0. The molecule has 2 aliphatic rings. The highest BCUT2D eigenvalue weighted by atomic mass is 16.2. The Morgan fingerprint density at radius 3 is 2.93 bits per heavy atom. The maximum absolute atomic E-state index is 11.5. The van der Waals surface area contributed by atoms with E-state index in [1.807, 2.05) is 0 Å². The smallest absolute Gasteiger partial charge is 0.252 e. The Balaban J connectivity index is 2.21. The van der Waals surface area contributed by atoms with Crippen LogP contribution in [0.25, 0.3) is 0 Å². The Labute approximate surface area is 86.7 Å². The summed E-state index contributed by atoms with van der Waals surface area (Å²) in [6.07, 6.45) is 2.95. The lowest BCUT2D eigenvalue weighted by atomic mass is 10.0. The van der Waals surface area contributed by atoms with E-state index in [0.29, 0.717) is 30.0 Å². The van der Waals surface area contributed by atoms with E-state index in [9.17, 15) is 9.59 Å². The van der Waals surface area contributed by atoms with Crippen molar-refractivity contribution in [1.29, 1.82) is 0 Å². The molecule has 0 radical (unpaired) electrons. The van der Waals surface area contributed by atoms with Crippen molar-refractivity contribution in [3.8, 4) is 0 Å². The number of amides is 1. The summed E-state index contributed by atoms with van der Waals surface area (Å²) in [5.74, 6) is 0.378. The second-order valence-electron chi connectivity index (χ2n) is 4.03. The normalized spacial score (nSPS) is 18.5. The van der Waals surface area contributed by atoms with Gasteiger partial charge in [0.25, 0.3) is 5.91 Å². The largest absolute Gasteiger partial charge is 0.348 e. The van der Waals surface area contributed by atoms with Crippen LogP contribution >= 0.6 is 0 Å². The molecule has 4 heteroatoms. The molecule has 0 spiro atoms. The maximum Gasteiger partial charge on any atom is 0.252 e. The Hall–Kier alpha value is -1.71. The highest BCUT2D eigenvalue weighted by molar-refractivity contribution is 5.99. The number of pyridine rings is 1. The third-order valence-electron chi connectivity index (χ3n) is 2.93. The number of aromatic nitrogens is 1. The Bertz CT molecular complexity index is 464. The van der Waals surface area contributed by atoms with Gasteiger partial charge in [0.2, 0.25) is 0 Å². The van der Waals surface area contributed by atoms with Crippen LogP contribution in [0, 0.1) is 0 Å². The first-order valence-electron chi connectivity index (χ1n) is 5.07. The molecule has 0 bridgehead atoms. The predicted molar refractivity (Wildman–Crippen MR) is 52.8 cm³/mol. The van der Waals surface area contributed by atoms with Crippen molar-refractivity contribution >= 4 is 12.2 Å². The van der Waals surface area contributed by atoms with Crippen molar-refractivity contribution in [2.45, 2.75) is 25.3 Å². The maximum atomic E-state index is 11.5. The van der Waals surface area contributed by atoms with Crippen molar-refractivity contribution in [2.24, 2.45) is 0 Å². The number of fused-ring (bicyclic) bond motifs is 1. The average Bonchev–Trinajstić information content (AvgIpc) is 3.03. The average molecular weight is 202 g/mol. The number of carbonyl (C=O) groups excluding carboxylic acids is 2. The number of carbonyl (C=O) groups is 2. The molecular weight excluding hydrogens is 192 g/mol. The summed E-state index contributed by atoms with van der Waals surface area (Å²) in [6, 6.07) is 1.58. The molecule has 1 aliphatic carbocycles. The van der Waals surface area contributed by atoms with Crippen LogP contribution in [0.2, 0.25) is 0 Å². The molecule has 1 saturated carbocycles. The van der Waals surface area contributed by atoms with E-state index < -0.39 is 0 Å². The van der Waals surface area contributed by atoms with E-state index >= 15 is 0 Å². The molecule has 0 atom stereocenters. The Morgan fingerprint density at radius 1 is 1.47 bits per heavy atom. The van der Waals surface area contributed by atoms with E-state index in [-0.39, 0.29) is 5.91 Å². The van der Waals surface area contributed by atoms with Crippen molar-refractivity contribution in [3.63, 3.8) is 0 Å². The molecule has 2 heterocycles. The van der Waals surface area contributed by atoms with Crippen LogP contribution in [0.5, 0.6) is 0 Å². The SMILES string of the molecule is O=Cc1cc2c(c(C3CC3)n1)CNC2=O. The Kier molecular flexibility index (Phi) is 1.65. The molecule has 1 fully saturated rings. The molecular formula is C11H10N2O2. The summed E-state index contributed by atoms with van der Waals surface area (Å²) in [4.78, 5) is 26.5. The summed E-state index contributed by atoms with van der Waals surface area (Å²) in [5.41, 5.74) is 2.95. The third-order valence-corrected chi connectivity index (χ3v) is 2.93. The van der Waals surface area contributed by atoms with E-state index in [0.717, 1.165) is 24.1 Å². The molecule has 1 aromatic heterocycles. The van der Waals surface area contributed by atoms with Gasteiger partial charge in [-0.15, -0.1) is 0 Å². The van der Waals surface area contributed by atoms with E-state index in [1.54, 1.807) is 6.07 Å². The van der Waals surface area contributed by atoms with E-state index in [2.05, 4.69) is 10.3 Å². The first kappa shape index (κ1) is 8.59. The van der Waals surface area contributed by atoms with Crippen molar-refractivity contribution in [2.75, 3.05) is 0 Å². The zero-order chi connectivity index (χ0) is 10.4. The molecule has 3 rings (SSSR count). The fourth-order valence-corrected chi connectivity index (χ4v) is 2.02. The number of rotatable bonds is 2. The lowest BCUT2D eigenvalue weighted by Gasteiger charge is -2.04. The highest BCUT2D eigenvalue weighted by Crippen LogP contribution is 2.42. The molecule has 76 valence electrons. The molecule has 15 heavy (non-hydrogen) atoms. The van der Waals surface area contributed by atoms with Crippen LogP contribution in [0.15, 0.2) is 6.07 Å². The van der Waals surface area contributed by atoms with Crippen LogP contribution in [-0.2, 0) is 6.54 Å². The topological polar surface area (TPSA) is 59.1 Å². The number of nitrogens with zero attached hydrogens (tertiary/aromatic N) is 1. The Morgan fingerprint density at radius 2 is 2.27 bits per heavy atom. The van der Waals surface area contributed by atoms with Crippen LogP contribution in [0.3, 0.4) is 0 Å². The van der Waals surface area contributed by atoms with Crippen LogP contribution in [-0.4, -0.2) is 17.2 Å². The molecule has 1 N–H and O–H groups in total. The van der Waals surface area contributed by atoms with Gasteiger partial charge < -0.3 is 5.32 Å². The van der Waals surface area contributed by atoms with Gasteiger partial charge in [-0.1, -0.05) is 0 Å². The summed E-state index contributed by atoms with van der Waals surface area (Å²) < 4.78 is 0. The van der Waals surface area contributed by atoms with Gasteiger partial charge in [0.15, 0.2) is 6.29 Å². The van der Waals surface area contributed by atoms with Crippen LogP contribution < -0.4 is 5.32 Å². The van der Waals surface area contributed by atoms with E-state index in [1.165, 1.54) is 0 Å². The van der Waals surface area contributed by atoms with Gasteiger partial charge in [0.05, 0.1) is 5.69 Å². The zero-order valence-electron chi connectivity index (χ0n) is 8.12. The minimum atomic E-state index is -0.0857. The highest BCUT2D eigenvalue weighted by Gasteiger charge is 2.32. The molecule has 1 aliphatic heterocycles. The standard InChI is InChI=1S/C11H10N2O2/c14-5-7-3-8-9(4-12-11(8)15)10(13-7)6-1-2-6/h3,5-6H,1-2,4H2,(H,12,15). The molecule has 0 saturated heterocycles. The lowest BCUT2D eigenvalue weighted by Crippen LogP contribution is -2.12. The second kappa shape index (κ2) is 2.89. The summed E-state index contributed by atoms with van der Waals surface area (Å²) >= 11 is 0.